The van der Waals surface area contributed by atoms with Crippen molar-refractivity contribution in [2.24, 2.45) is 0 Å². The highest BCUT2D eigenvalue weighted by Crippen LogP contribution is 2.32. The summed E-state index contributed by atoms with van der Waals surface area (Å²) in [6.07, 6.45) is 2.44. The van der Waals surface area contributed by atoms with Gasteiger partial charge in [0.2, 0.25) is 0 Å². The minimum atomic E-state index is 0.637. The van der Waals surface area contributed by atoms with Crippen LogP contribution in [-0.2, 0) is 6.42 Å². The molecule has 0 atom stereocenters. The van der Waals surface area contributed by atoms with Gasteiger partial charge in [0.25, 0.3) is 5.78 Å². The Morgan fingerprint density at radius 3 is 2.70 bits per heavy atom. The molecule has 0 amide bonds. The topological polar surface area (TPSA) is 69.1 Å². The quantitative estimate of drug-likeness (QED) is 0.592. The van der Waals surface area contributed by atoms with Gasteiger partial charge < -0.3 is 5.73 Å². The number of nitrogen functional groups attached to an aromatic ring is 1. The third kappa shape index (κ3) is 2.22. The van der Waals surface area contributed by atoms with Gasteiger partial charge in [-0.2, -0.15) is 14.6 Å². The Morgan fingerprint density at radius 1 is 1.25 bits per heavy atom. The molecule has 2 N–H and O–H groups in total. The standard InChI is InChI=1S/C14H15N5S/c1-3-12-9(2)18-14-16-8-17-19(14)13(12)20-11-6-4-10(15)5-7-11/h4-8H,3,15H2,1-2H3. The number of aryl methyl sites for hydroxylation is 1. The molecule has 0 radical (unpaired) electrons. The number of hydrogen-bond donors (Lipinski definition) is 1. The predicted octanol–water partition coefficient (Wildman–Crippen LogP) is 2.73. The van der Waals surface area contributed by atoms with Gasteiger partial charge in [-0.15, -0.1) is 0 Å². The van der Waals surface area contributed by atoms with Gasteiger partial charge in [0.05, 0.1) is 0 Å². The third-order valence-corrected chi connectivity index (χ3v) is 4.25. The van der Waals surface area contributed by atoms with E-state index in [0.29, 0.717) is 5.78 Å². The van der Waals surface area contributed by atoms with Gasteiger partial charge in [-0.1, -0.05) is 18.7 Å². The molecular weight excluding hydrogens is 270 g/mol. The zero-order chi connectivity index (χ0) is 14.1. The van der Waals surface area contributed by atoms with E-state index in [4.69, 9.17) is 5.73 Å². The Morgan fingerprint density at radius 2 is 2.00 bits per heavy atom. The van der Waals surface area contributed by atoms with E-state index < -0.39 is 0 Å². The third-order valence-electron chi connectivity index (χ3n) is 3.13. The summed E-state index contributed by atoms with van der Waals surface area (Å²) in [6, 6.07) is 7.83. The van der Waals surface area contributed by atoms with Crippen LogP contribution in [0.25, 0.3) is 5.78 Å². The molecule has 0 spiro atoms. The van der Waals surface area contributed by atoms with Crippen LogP contribution in [0.3, 0.4) is 0 Å². The van der Waals surface area contributed by atoms with Crippen LogP contribution in [0.4, 0.5) is 5.69 Å². The van der Waals surface area contributed by atoms with E-state index in [1.54, 1.807) is 16.3 Å². The molecule has 2 aromatic heterocycles. The average molecular weight is 285 g/mol. The number of nitrogens with zero attached hydrogens (tertiary/aromatic N) is 4. The molecule has 0 saturated heterocycles. The number of fused-ring (bicyclic) bond motifs is 1. The van der Waals surface area contributed by atoms with Gasteiger partial charge in [0, 0.05) is 21.8 Å². The van der Waals surface area contributed by atoms with Crippen LogP contribution in [-0.4, -0.2) is 19.6 Å². The largest absolute Gasteiger partial charge is 0.399 e. The van der Waals surface area contributed by atoms with Crippen LogP contribution in [0.5, 0.6) is 0 Å². The molecule has 0 saturated carbocycles. The van der Waals surface area contributed by atoms with Gasteiger partial charge in [0.15, 0.2) is 0 Å². The van der Waals surface area contributed by atoms with E-state index in [2.05, 4.69) is 22.0 Å². The fourth-order valence-electron chi connectivity index (χ4n) is 2.11. The first-order chi connectivity index (χ1) is 9.69. The summed E-state index contributed by atoms with van der Waals surface area (Å²) in [5.74, 6) is 0.637. The molecule has 0 aliphatic heterocycles. The van der Waals surface area contributed by atoms with E-state index >= 15 is 0 Å². The first-order valence-corrected chi connectivity index (χ1v) is 7.23. The lowest BCUT2D eigenvalue weighted by Crippen LogP contribution is -2.04. The van der Waals surface area contributed by atoms with Crippen LogP contribution in [0.15, 0.2) is 40.5 Å². The van der Waals surface area contributed by atoms with E-state index in [0.717, 1.165) is 27.7 Å². The molecule has 3 rings (SSSR count). The highest BCUT2D eigenvalue weighted by atomic mass is 32.2. The van der Waals surface area contributed by atoms with Gasteiger partial charge in [-0.25, -0.2) is 4.98 Å². The monoisotopic (exact) mass is 285 g/mol. The lowest BCUT2D eigenvalue weighted by molar-refractivity contribution is 0.795. The molecule has 0 aliphatic rings. The molecule has 0 aliphatic carbocycles. The van der Waals surface area contributed by atoms with Crippen LogP contribution in [0, 0.1) is 6.92 Å². The number of nitrogens with two attached hydrogens (primary N) is 1. The molecule has 0 fully saturated rings. The molecule has 20 heavy (non-hydrogen) atoms. The van der Waals surface area contributed by atoms with Crippen molar-refractivity contribution < 1.29 is 0 Å². The van der Waals surface area contributed by atoms with Crippen molar-refractivity contribution in [3.8, 4) is 0 Å². The molecule has 0 bridgehead atoms. The molecule has 6 heteroatoms. The minimum absolute atomic E-state index is 0.637. The van der Waals surface area contributed by atoms with Crippen molar-refractivity contribution in [3.05, 3.63) is 41.9 Å². The van der Waals surface area contributed by atoms with Crippen LogP contribution >= 0.6 is 11.8 Å². The fourth-order valence-corrected chi connectivity index (χ4v) is 3.24. The van der Waals surface area contributed by atoms with Crippen molar-refractivity contribution in [2.75, 3.05) is 5.73 Å². The first-order valence-electron chi connectivity index (χ1n) is 6.41. The maximum Gasteiger partial charge on any atom is 0.253 e. The maximum absolute atomic E-state index is 5.73. The second-order valence-corrected chi connectivity index (χ2v) is 5.54. The highest BCUT2D eigenvalue weighted by molar-refractivity contribution is 7.99. The zero-order valence-corrected chi connectivity index (χ0v) is 12.2. The number of hydrogen-bond acceptors (Lipinski definition) is 5. The first kappa shape index (κ1) is 12.9. The Balaban J connectivity index is 2.13. The second-order valence-electron chi connectivity index (χ2n) is 4.48. The Hall–Kier alpha value is -2.08. The van der Waals surface area contributed by atoms with Crippen molar-refractivity contribution in [1.29, 1.82) is 0 Å². The lowest BCUT2D eigenvalue weighted by atomic mass is 10.2. The van der Waals surface area contributed by atoms with Crippen LogP contribution in [0.1, 0.15) is 18.2 Å². The fraction of sp³-hybridized carbons (Fsp3) is 0.214. The van der Waals surface area contributed by atoms with Gasteiger partial charge in [-0.05, 0) is 37.6 Å². The lowest BCUT2D eigenvalue weighted by Gasteiger charge is -2.11. The number of benzene rings is 1. The highest BCUT2D eigenvalue weighted by Gasteiger charge is 2.14. The van der Waals surface area contributed by atoms with E-state index in [1.807, 2.05) is 31.2 Å². The van der Waals surface area contributed by atoms with Crippen LogP contribution < -0.4 is 5.73 Å². The Kier molecular flexibility index (Phi) is 3.31. The Labute approximate surface area is 121 Å². The molecule has 0 unspecified atom stereocenters. The minimum Gasteiger partial charge on any atom is -0.399 e. The van der Waals surface area contributed by atoms with E-state index in [9.17, 15) is 0 Å². The van der Waals surface area contributed by atoms with Gasteiger partial charge in [-0.3, -0.25) is 0 Å². The normalized spacial score (nSPS) is 11.1. The molecular formula is C14H15N5S. The Bertz CT molecular complexity index is 748. The SMILES string of the molecule is CCc1c(C)nc2ncnn2c1Sc1ccc(N)cc1. The summed E-state index contributed by atoms with van der Waals surface area (Å²) in [7, 11) is 0. The maximum atomic E-state index is 5.73. The second kappa shape index (κ2) is 5.13. The zero-order valence-electron chi connectivity index (χ0n) is 11.4. The average Bonchev–Trinajstić information content (AvgIpc) is 2.89. The van der Waals surface area contributed by atoms with Crippen molar-refractivity contribution in [3.63, 3.8) is 0 Å². The summed E-state index contributed by atoms with van der Waals surface area (Å²) in [5.41, 5.74) is 8.70. The summed E-state index contributed by atoms with van der Waals surface area (Å²) in [5, 5.41) is 5.35. The van der Waals surface area contributed by atoms with Gasteiger partial charge >= 0.3 is 0 Å². The summed E-state index contributed by atoms with van der Waals surface area (Å²) < 4.78 is 1.80. The molecule has 102 valence electrons. The van der Waals surface area contributed by atoms with E-state index in [1.165, 1.54) is 11.9 Å². The van der Waals surface area contributed by atoms with E-state index in [-0.39, 0.29) is 0 Å². The smallest absolute Gasteiger partial charge is 0.253 e. The molecule has 3 aromatic rings. The summed E-state index contributed by atoms with van der Waals surface area (Å²) in [4.78, 5) is 9.78. The predicted molar refractivity (Wildman–Crippen MR) is 79.9 cm³/mol. The van der Waals surface area contributed by atoms with Crippen molar-refractivity contribution >= 4 is 23.2 Å². The number of rotatable bonds is 3. The molecule has 5 nitrogen and oxygen atoms in total. The van der Waals surface area contributed by atoms with Gasteiger partial charge in [0.1, 0.15) is 11.4 Å². The van der Waals surface area contributed by atoms with Crippen molar-refractivity contribution in [1.82, 2.24) is 19.6 Å². The van der Waals surface area contributed by atoms with Crippen LogP contribution in [0.2, 0.25) is 0 Å². The van der Waals surface area contributed by atoms with Crippen molar-refractivity contribution in [2.45, 2.75) is 30.2 Å². The molecule has 2 heterocycles. The number of anilines is 1. The number of aromatic nitrogens is 4. The summed E-state index contributed by atoms with van der Waals surface area (Å²) >= 11 is 1.66. The summed E-state index contributed by atoms with van der Waals surface area (Å²) in [6.45, 7) is 4.14. The molecule has 1 aromatic carbocycles.